The quantitative estimate of drug-likeness (QED) is 0.494. The first kappa shape index (κ1) is 15.3. The van der Waals surface area contributed by atoms with E-state index >= 15 is 0 Å². The van der Waals surface area contributed by atoms with E-state index in [-0.39, 0.29) is 0 Å². The van der Waals surface area contributed by atoms with Crippen molar-refractivity contribution in [3.05, 3.63) is 29.3 Å². The molecule has 0 atom stereocenters. The van der Waals surface area contributed by atoms with Crippen molar-refractivity contribution in [2.45, 2.75) is 18.4 Å². The summed E-state index contributed by atoms with van der Waals surface area (Å²) in [5, 5.41) is 2.61. The molecule has 0 saturated carbocycles. The number of nitrogens with two attached hydrogens (primary N) is 1. The molecule has 0 saturated heterocycles. The van der Waals surface area contributed by atoms with Crippen LogP contribution < -0.4 is 11.1 Å². The van der Waals surface area contributed by atoms with Gasteiger partial charge in [0.05, 0.1) is 0 Å². The van der Waals surface area contributed by atoms with E-state index in [1.54, 1.807) is 0 Å². The second-order valence-corrected chi connectivity index (χ2v) is 3.66. The van der Waals surface area contributed by atoms with Crippen molar-refractivity contribution >= 4 is 37.4 Å². The molecule has 0 unspecified atom stereocenters. The van der Waals surface area contributed by atoms with Gasteiger partial charge in [0.15, 0.2) is 0 Å². The van der Waals surface area contributed by atoms with Gasteiger partial charge in [0.1, 0.15) is 0 Å². The summed E-state index contributed by atoms with van der Waals surface area (Å²) in [6.07, 6.45) is 0.667. The van der Waals surface area contributed by atoms with Crippen LogP contribution in [-0.2, 0) is 16.3 Å². The first-order chi connectivity index (χ1) is 7.71. The molecule has 0 bridgehead atoms. The first-order valence-electron chi connectivity index (χ1n) is 4.96. The monoisotopic (exact) mass is 258 g/mol. The van der Waals surface area contributed by atoms with Gasteiger partial charge in [-0.1, -0.05) is 13.0 Å². The third-order valence-corrected chi connectivity index (χ3v) is 2.37. The summed E-state index contributed by atoms with van der Waals surface area (Å²) in [5.74, 6) is 1.32. The van der Waals surface area contributed by atoms with Gasteiger partial charge in [-0.15, -0.1) is 0 Å². The van der Waals surface area contributed by atoms with E-state index in [1.165, 1.54) is 0 Å². The van der Waals surface area contributed by atoms with Gasteiger partial charge in [-0.25, -0.2) is 0 Å². The fourth-order valence-electron chi connectivity index (χ4n) is 1.10. The van der Waals surface area contributed by atoms with Crippen LogP contribution in [0.15, 0.2) is 18.2 Å². The third-order valence-electron chi connectivity index (χ3n) is 1.64. The van der Waals surface area contributed by atoms with Gasteiger partial charge < -0.3 is 11.1 Å². The predicted molar refractivity (Wildman–Crippen MR) is 76.2 cm³/mol. The molecule has 16 heavy (non-hydrogen) atoms. The van der Waals surface area contributed by atoms with Crippen LogP contribution in [0.4, 0.5) is 5.69 Å². The summed E-state index contributed by atoms with van der Waals surface area (Å²) < 4.78 is 0. The molecular formula is C11H18N2OS2. The fraction of sp³-hybridized carbons (Fsp3) is 0.364. The van der Waals surface area contributed by atoms with Crippen molar-refractivity contribution in [2.75, 3.05) is 11.9 Å². The zero-order chi connectivity index (χ0) is 12.4. The van der Waals surface area contributed by atoms with Crippen LogP contribution in [0.3, 0.4) is 0 Å². The van der Waals surface area contributed by atoms with E-state index < -0.39 is 0 Å². The Morgan fingerprint density at radius 3 is 2.00 bits per heavy atom. The summed E-state index contributed by atoms with van der Waals surface area (Å²) in [5.41, 5.74) is 7.81. The highest BCUT2D eigenvalue weighted by atomic mass is 32.1. The summed E-state index contributed by atoms with van der Waals surface area (Å²) in [6, 6.07) is 5.82. The molecule has 1 amide bonds. The lowest BCUT2D eigenvalue weighted by Gasteiger charge is -2.05. The van der Waals surface area contributed by atoms with Gasteiger partial charge in [0.25, 0.3) is 0 Å². The van der Waals surface area contributed by atoms with E-state index in [9.17, 15) is 4.79 Å². The molecule has 1 aromatic carbocycles. The Kier molecular flexibility index (Phi) is 9.18. The highest BCUT2D eigenvalue weighted by molar-refractivity contribution is 7.79. The number of nitrogens with one attached hydrogen (secondary N) is 1. The third kappa shape index (κ3) is 6.05. The van der Waals surface area contributed by atoms with Crippen molar-refractivity contribution in [3.63, 3.8) is 0 Å². The largest absolute Gasteiger partial charge is 0.331 e. The minimum absolute atomic E-state index is 0.662. The maximum Gasteiger partial charge on any atom is 0.211 e. The van der Waals surface area contributed by atoms with Crippen LogP contribution in [0.2, 0.25) is 0 Å². The second kappa shape index (κ2) is 9.57. The van der Waals surface area contributed by atoms with Crippen LogP contribution in [0.5, 0.6) is 0 Å². The zero-order valence-corrected chi connectivity index (χ0v) is 11.1. The Balaban J connectivity index is 0.000000673. The van der Waals surface area contributed by atoms with Crippen molar-refractivity contribution in [1.82, 2.24) is 0 Å². The molecule has 0 fully saturated rings. The molecule has 5 heteroatoms. The molecule has 1 rings (SSSR count). The van der Waals surface area contributed by atoms with Gasteiger partial charge in [-0.3, -0.25) is 4.79 Å². The molecule has 0 heterocycles. The van der Waals surface area contributed by atoms with Gasteiger partial charge in [-0.05, 0) is 29.8 Å². The average molecular weight is 258 g/mol. The molecule has 0 radical (unpaired) electrons. The number of rotatable bonds is 4. The zero-order valence-electron chi connectivity index (χ0n) is 9.31. The number of hydrogen-bond donors (Lipinski definition) is 4. The Morgan fingerprint density at radius 1 is 1.25 bits per heavy atom. The Morgan fingerprint density at radius 2 is 1.69 bits per heavy atom. The molecule has 0 aliphatic carbocycles. The number of thiol groups is 2. The molecule has 0 aliphatic rings. The highest BCUT2D eigenvalue weighted by Crippen LogP contribution is 2.17. The molecule has 3 N–H and O–H groups in total. The second-order valence-electron chi connectivity index (χ2n) is 3.02. The maximum absolute atomic E-state index is 10.2. The Hall–Kier alpha value is -0.650. The number of benzene rings is 1. The van der Waals surface area contributed by atoms with Crippen LogP contribution >= 0.6 is 25.3 Å². The maximum atomic E-state index is 10.2. The predicted octanol–water partition coefficient (Wildman–Crippen LogP) is 2.08. The normalized spacial score (nSPS) is 9.00. The van der Waals surface area contributed by atoms with Gasteiger partial charge in [-0.2, -0.15) is 25.3 Å². The van der Waals surface area contributed by atoms with Crippen molar-refractivity contribution in [2.24, 2.45) is 5.73 Å². The van der Waals surface area contributed by atoms with Crippen LogP contribution in [0.25, 0.3) is 0 Å². The molecule has 0 aliphatic heterocycles. The molecule has 90 valence electrons. The fourth-order valence-corrected chi connectivity index (χ4v) is 1.46. The van der Waals surface area contributed by atoms with E-state index in [4.69, 9.17) is 5.73 Å². The molecule has 1 aromatic rings. The Bertz CT molecular complexity index is 297. The molecular weight excluding hydrogens is 240 g/mol. The smallest absolute Gasteiger partial charge is 0.211 e. The number of hydrogen-bond acceptors (Lipinski definition) is 4. The van der Waals surface area contributed by atoms with Crippen molar-refractivity contribution in [3.8, 4) is 0 Å². The SMILES string of the molecule is CCN.O=CNc1cc(CS)cc(CS)c1. The van der Waals surface area contributed by atoms with Gasteiger partial charge in [0.2, 0.25) is 6.41 Å². The summed E-state index contributed by atoms with van der Waals surface area (Å²) in [6.45, 7) is 2.65. The molecule has 3 nitrogen and oxygen atoms in total. The number of amides is 1. The van der Waals surface area contributed by atoms with Crippen LogP contribution in [-0.4, -0.2) is 13.0 Å². The average Bonchev–Trinajstić information content (AvgIpc) is 2.30. The standard InChI is InChI=1S/C9H11NOS2.C2H7N/c11-6-10-9-2-7(4-12)1-8(3-9)5-13;1-2-3/h1-3,6,12-13H,4-5H2,(H,10,11);2-3H2,1H3. The first-order valence-corrected chi connectivity index (χ1v) is 6.23. The topological polar surface area (TPSA) is 55.1 Å². The van der Waals surface area contributed by atoms with Crippen LogP contribution in [0.1, 0.15) is 18.1 Å². The van der Waals surface area contributed by atoms with E-state index in [0.717, 1.165) is 23.4 Å². The van der Waals surface area contributed by atoms with E-state index in [0.29, 0.717) is 17.9 Å². The lowest BCUT2D eigenvalue weighted by Crippen LogP contribution is -1.96. The van der Waals surface area contributed by atoms with Crippen molar-refractivity contribution < 1.29 is 4.79 Å². The molecule has 0 aromatic heterocycles. The summed E-state index contributed by atoms with van der Waals surface area (Å²) >= 11 is 8.34. The van der Waals surface area contributed by atoms with E-state index in [1.807, 2.05) is 25.1 Å². The molecule has 0 spiro atoms. The Labute approximate surface area is 108 Å². The lowest BCUT2D eigenvalue weighted by atomic mass is 10.1. The summed E-state index contributed by atoms with van der Waals surface area (Å²) in [4.78, 5) is 10.2. The minimum Gasteiger partial charge on any atom is -0.331 e. The number of carbonyl (C=O) groups is 1. The number of carbonyl (C=O) groups excluding carboxylic acids is 1. The minimum atomic E-state index is 0.662. The number of anilines is 1. The highest BCUT2D eigenvalue weighted by Gasteiger charge is 1.98. The lowest BCUT2D eigenvalue weighted by molar-refractivity contribution is -0.105. The van der Waals surface area contributed by atoms with Crippen LogP contribution in [0, 0.1) is 0 Å². The van der Waals surface area contributed by atoms with Gasteiger partial charge in [0, 0.05) is 17.2 Å². The van der Waals surface area contributed by atoms with Gasteiger partial charge >= 0.3 is 0 Å². The van der Waals surface area contributed by atoms with E-state index in [2.05, 4.69) is 30.6 Å². The van der Waals surface area contributed by atoms with Crippen molar-refractivity contribution in [1.29, 1.82) is 0 Å². The summed E-state index contributed by atoms with van der Waals surface area (Å²) in [7, 11) is 0.